The normalized spacial score (nSPS) is 24.6. The van der Waals surface area contributed by atoms with Gasteiger partial charge in [0.15, 0.2) is 5.65 Å². The van der Waals surface area contributed by atoms with Crippen LogP contribution in [0.5, 0.6) is 0 Å². The van der Waals surface area contributed by atoms with Gasteiger partial charge >= 0.3 is 0 Å². The minimum atomic E-state index is -0.125. The molecule has 0 saturated carbocycles. The smallest absolute Gasteiger partial charge is 0.203 e. The van der Waals surface area contributed by atoms with Gasteiger partial charge in [0, 0.05) is 12.3 Å². The lowest BCUT2D eigenvalue weighted by molar-refractivity contribution is 0.164. The molecule has 0 bridgehead atoms. The fraction of sp³-hybridized carbons (Fsp3) is 0.500. The van der Waals surface area contributed by atoms with E-state index >= 15 is 0 Å². The van der Waals surface area contributed by atoms with E-state index in [9.17, 15) is 0 Å². The van der Waals surface area contributed by atoms with Gasteiger partial charge in [-0.05, 0) is 32.4 Å². The van der Waals surface area contributed by atoms with E-state index in [1.54, 1.807) is 0 Å². The van der Waals surface area contributed by atoms with Crippen LogP contribution in [0.1, 0.15) is 19.0 Å². The maximum absolute atomic E-state index is 6.02. The molecule has 17 heavy (non-hydrogen) atoms. The van der Waals surface area contributed by atoms with Gasteiger partial charge in [0.25, 0.3) is 0 Å². The molecule has 1 unspecified atom stereocenters. The van der Waals surface area contributed by atoms with E-state index < -0.39 is 0 Å². The number of anilines is 1. The van der Waals surface area contributed by atoms with Crippen molar-refractivity contribution in [3.05, 3.63) is 17.8 Å². The van der Waals surface area contributed by atoms with Gasteiger partial charge in [-0.25, -0.2) is 9.97 Å². The quantitative estimate of drug-likeness (QED) is 0.808. The Bertz CT molecular complexity index is 569. The molecule has 2 aromatic heterocycles. The molecule has 0 aromatic carbocycles. The van der Waals surface area contributed by atoms with Crippen molar-refractivity contribution in [3.63, 3.8) is 0 Å². The Kier molecular flexibility index (Phi) is 2.13. The van der Waals surface area contributed by atoms with Gasteiger partial charge in [-0.3, -0.25) is 4.57 Å². The van der Waals surface area contributed by atoms with Gasteiger partial charge in [-0.15, -0.1) is 0 Å². The number of fused-ring (bicyclic) bond motifs is 1. The summed E-state index contributed by atoms with van der Waals surface area (Å²) in [6.45, 7) is 5.54. The lowest BCUT2D eigenvalue weighted by Gasteiger charge is -2.25. The molecule has 0 aliphatic carbocycles. The van der Waals surface area contributed by atoms with Crippen LogP contribution < -0.4 is 5.73 Å². The molecule has 1 saturated heterocycles. The van der Waals surface area contributed by atoms with E-state index in [1.807, 2.05) is 23.6 Å². The zero-order valence-corrected chi connectivity index (χ0v) is 10.1. The number of aryl methyl sites for hydroxylation is 1. The molecule has 0 amide bonds. The van der Waals surface area contributed by atoms with E-state index in [0.717, 1.165) is 29.9 Å². The predicted molar refractivity (Wildman–Crippen MR) is 65.8 cm³/mol. The molecule has 1 aliphatic rings. The van der Waals surface area contributed by atoms with Crippen LogP contribution in [0.4, 0.5) is 5.95 Å². The summed E-state index contributed by atoms with van der Waals surface area (Å²) in [6.07, 6.45) is 0.943. The van der Waals surface area contributed by atoms with Gasteiger partial charge < -0.3 is 10.5 Å². The van der Waals surface area contributed by atoms with Crippen molar-refractivity contribution in [3.8, 4) is 0 Å². The Hall–Kier alpha value is -1.62. The second-order valence-corrected chi connectivity index (χ2v) is 4.90. The Morgan fingerprint density at radius 1 is 1.41 bits per heavy atom. The summed E-state index contributed by atoms with van der Waals surface area (Å²) >= 11 is 0. The van der Waals surface area contributed by atoms with Crippen molar-refractivity contribution in [1.29, 1.82) is 0 Å². The Morgan fingerprint density at radius 2 is 2.24 bits per heavy atom. The highest BCUT2D eigenvalue weighted by Crippen LogP contribution is 2.32. The van der Waals surface area contributed by atoms with Crippen molar-refractivity contribution in [2.45, 2.75) is 25.8 Å². The van der Waals surface area contributed by atoms with Crippen molar-refractivity contribution >= 4 is 17.1 Å². The van der Waals surface area contributed by atoms with Crippen molar-refractivity contribution in [2.75, 3.05) is 18.9 Å². The van der Waals surface area contributed by atoms with Crippen molar-refractivity contribution in [2.24, 2.45) is 0 Å². The van der Waals surface area contributed by atoms with Crippen LogP contribution in [0.25, 0.3) is 11.2 Å². The van der Waals surface area contributed by atoms with Crippen LogP contribution in [0.2, 0.25) is 0 Å². The van der Waals surface area contributed by atoms with Crippen LogP contribution in [-0.4, -0.2) is 27.7 Å². The third-order valence-electron chi connectivity index (χ3n) is 3.41. The second kappa shape index (κ2) is 3.43. The standard InChI is InChI=1S/C12H16N4O/c1-8-3-4-9-10(14-8)16(11(13)15-9)12(2)5-6-17-7-12/h3-4H,5-7H2,1-2H3,(H2,13,15). The molecule has 2 aromatic rings. The molecule has 5 nitrogen and oxygen atoms in total. The molecule has 0 spiro atoms. The zero-order valence-electron chi connectivity index (χ0n) is 10.1. The maximum atomic E-state index is 6.02. The number of hydrogen-bond donors (Lipinski definition) is 1. The maximum Gasteiger partial charge on any atom is 0.203 e. The second-order valence-electron chi connectivity index (χ2n) is 4.90. The predicted octanol–water partition coefficient (Wildman–Crippen LogP) is 1.46. The minimum absolute atomic E-state index is 0.125. The third kappa shape index (κ3) is 1.50. The lowest BCUT2D eigenvalue weighted by atomic mass is 10.0. The number of ether oxygens (including phenoxy) is 1. The minimum Gasteiger partial charge on any atom is -0.379 e. The average Bonchev–Trinajstić information content (AvgIpc) is 2.82. The first-order valence-corrected chi connectivity index (χ1v) is 5.80. The molecular weight excluding hydrogens is 216 g/mol. The number of nitrogens with two attached hydrogens (primary N) is 1. The van der Waals surface area contributed by atoms with Crippen molar-refractivity contribution in [1.82, 2.24) is 14.5 Å². The highest BCUT2D eigenvalue weighted by atomic mass is 16.5. The fourth-order valence-electron chi connectivity index (χ4n) is 2.43. The van der Waals surface area contributed by atoms with Gasteiger partial charge in [0.1, 0.15) is 5.52 Å². The summed E-state index contributed by atoms with van der Waals surface area (Å²) < 4.78 is 7.50. The first-order valence-electron chi connectivity index (χ1n) is 5.80. The summed E-state index contributed by atoms with van der Waals surface area (Å²) in [5.41, 5.74) is 8.58. The van der Waals surface area contributed by atoms with E-state index in [-0.39, 0.29) is 5.54 Å². The molecule has 3 heterocycles. The van der Waals surface area contributed by atoms with Crippen LogP contribution in [-0.2, 0) is 10.3 Å². The summed E-state index contributed by atoms with van der Waals surface area (Å²) in [4.78, 5) is 8.92. The lowest BCUT2D eigenvalue weighted by Crippen LogP contribution is -2.31. The Balaban J connectivity index is 2.27. The molecular formula is C12H16N4O. The average molecular weight is 232 g/mol. The molecule has 1 atom stereocenters. The van der Waals surface area contributed by atoms with E-state index in [2.05, 4.69) is 16.9 Å². The Labute approximate surface area is 99.6 Å². The van der Waals surface area contributed by atoms with Crippen LogP contribution in [0.3, 0.4) is 0 Å². The summed E-state index contributed by atoms with van der Waals surface area (Å²) in [5.74, 6) is 0.520. The fourth-order valence-corrected chi connectivity index (χ4v) is 2.43. The summed E-state index contributed by atoms with van der Waals surface area (Å²) in [7, 11) is 0. The summed E-state index contributed by atoms with van der Waals surface area (Å²) in [6, 6.07) is 3.91. The monoisotopic (exact) mass is 232 g/mol. The van der Waals surface area contributed by atoms with Gasteiger partial charge in [0.05, 0.1) is 12.1 Å². The zero-order chi connectivity index (χ0) is 12.0. The molecule has 90 valence electrons. The van der Waals surface area contributed by atoms with Gasteiger partial charge in [0.2, 0.25) is 5.95 Å². The highest BCUT2D eigenvalue weighted by molar-refractivity contribution is 5.74. The van der Waals surface area contributed by atoms with E-state index in [0.29, 0.717) is 12.6 Å². The first-order chi connectivity index (χ1) is 8.10. The highest BCUT2D eigenvalue weighted by Gasteiger charge is 2.35. The van der Waals surface area contributed by atoms with Crippen molar-refractivity contribution < 1.29 is 4.74 Å². The number of rotatable bonds is 1. The van der Waals surface area contributed by atoms with Crippen LogP contribution >= 0.6 is 0 Å². The first kappa shape index (κ1) is 10.5. The number of pyridine rings is 1. The topological polar surface area (TPSA) is 66.0 Å². The molecule has 1 fully saturated rings. The Morgan fingerprint density at radius 3 is 2.94 bits per heavy atom. The third-order valence-corrected chi connectivity index (χ3v) is 3.41. The number of hydrogen-bond acceptors (Lipinski definition) is 4. The largest absolute Gasteiger partial charge is 0.379 e. The molecule has 5 heteroatoms. The number of nitrogen functional groups attached to an aromatic ring is 1. The number of aromatic nitrogens is 3. The van der Waals surface area contributed by atoms with Crippen LogP contribution in [0, 0.1) is 6.92 Å². The summed E-state index contributed by atoms with van der Waals surface area (Å²) in [5, 5.41) is 0. The number of imidazole rings is 1. The molecule has 2 N–H and O–H groups in total. The number of nitrogens with zero attached hydrogens (tertiary/aromatic N) is 3. The van der Waals surface area contributed by atoms with Gasteiger partial charge in [-0.2, -0.15) is 0 Å². The molecule has 0 radical (unpaired) electrons. The molecule has 3 rings (SSSR count). The van der Waals surface area contributed by atoms with E-state index in [4.69, 9.17) is 10.5 Å². The van der Waals surface area contributed by atoms with E-state index in [1.165, 1.54) is 0 Å². The molecule has 1 aliphatic heterocycles. The SMILES string of the molecule is Cc1ccc2nc(N)n(C3(C)CCOC3)c2n1. The van der Waals surface area contributed by atoms with Gasteiger partial charge in [-0.1, -0.05) is 0 Å². The van der Waals surface area contributed by atoms with Crippen LogP contribution in [0.15, 0.2) is 12.1 Å².